The largest absolute Gasteiger partial charge is 0.496 e. The van der Waals surface area contributed by atoms with E-state index in [9.17, 15) is 9.59 Å². The van der Waals surface area contributed by atoms with E-state index >= 15 is 0 Å². The van der Waals surface area contributed by atoms with Gasteiger partial charge in [0.05, 0.1) is 7.11 Å². The molecule has 1 aromatic carbocycles. The zero-order valence-corrected chi connectivity index (χ0v) is 12.1. The molecule has 1 aromatic rings. The third kappa shape index (κ3) is 4.12. The lowest BCUT2D eigenvalue weighted by atomic mass is 10.1. The Morgan fingerprint density at radius 2 is 2.00 bits per heavy atom. The molecule has 5 nitrogen and oxygen atoms in total. The molecule has 1 rings (SSSR count). The highest BCUT2D eigenvalue weighted by Gasteiger charge is 2.27. The molecular weight excluding hydrogens is 258 g/mol. The van der Waals surface area contributed by atoms with Crippen LogP contribution in [0.2, 0.25) is 0 Å². The molecule has 0 heterocycles. The van der Waals surface area contributed by atoms with Crippen molar-refractivity contribution in [1.29, 1.82) is 0 Å². The molecule has 20 heavy (non-hydrogen) atoms. The van der Waals surface area contributed by atoms with Gasteiger partial charge in [-0.1, -0.05) is 11.6 Å². The average molecular weight is 277 g/mol. The van der Waals surface area contributed by atoms with Gasteiger partial charge in [0, 0.05) is 11.6 Å². The monoisotopic (exact) mass is 277 g/mol. The Bertz CT molecular complexity index is 547. The first kappa shape index (κ1) is 15.8. The molecule has 0 unspecified atom stereocenters. The molecule has 0 aromatic heterocycles. The zero-order valence-electron chi connectivity index (χ0n) is 12.1. The minimum atomic E-state index is -1.31. The first-order valence-corrected chi connectivity index (χ1v) is 6.14. The number of carbonyl (C=O) groups excluding carboxylic acids is 1. The van der Waals surface area contributed by atoms with E-state index in [0.717, 1.165) is 11.1 Å². The fourth-order valence-corrected chi connectivity index (χ4v) is 1.55. The highest BCUT2D eigenvalue weighted by Crippen LogP contribution is 2.20. The Morgan fingerprint density at radius 1 is 1.35 bits per heavy atom. The van der Waals surface area contributed by atoms with Crippen molar-refractivity contribution in [2.45, 2.75) is 26.3 Å². The Labute approximate surface area is 118 Å². The van der Waals surface area contributed by atoms with Crippen LogP contribution in [0.1, 0.15) is 25.0 Å². The van der Waals surface area contributed by atoms with Gasteiger partial charge in [-0.3, -0.25) is 4.79 Å². The van der Waals surface area contributed by atoms with Gasteiger partial charge in [0.2, 0.25) is 5.91 Å². The zero-order chi connectivity index (χ0) is 15.3. The second-order valence-electron chi connectivity index (χ2n) is 5.00. The van der Waals surface area contributed by atoms with Crippen LogP contribution in [0, 0.1) is 6.92 Å². The van der Waals surface area contributed by atoms with Crippen LogP contribution >= 0.6 is 0 Å². The number of benzene rings is 1. The van der Waals surface area contributed by atoms with Gasteiger partial charge in [0.25, 0.3) is 0 Å². The van der Waals surface area contributed by atoms with Crippen molar-refractivity contribution in [2.75, 3.05) is 7.11 Å². The molecule has 0 atom stereocenters. The molecular formula is C15H19NO4. The third-order valence-electron chi connectivity index (χ3n) is 2.77. The predicted octanol–water partition coefficient (Wildman–Crippen LogP) is 2.00. The highest BCUT2D eigenvalue weighted by atomic mass is 16.5. The molecule has 5 heteroatoms. The average Bonchev–Trinajstić information content (AvgIpc) is 2.35. The van der Waals surface area contributed by atoms with E-state index in [1.807, 2.05) is 25.1 Å². The second-order valence-corrected chi connectivity index (χ2v) is 5.00. The van der Waals surface area contributed by atoms with Gasteiger partial charge in [-0.15, -0.1) is 0 Å². The van der Waals surface area contributed by atoms with Crippen molar-refractivity contribution in [3.05, 3.63) is 35.4 Å². The van der Waals surface area contributed by atoms with Crippen LogP contribution in [0.4, 0.5) is 0 Å². The summed E-state index contributed by atoms with van der Waals surface area (Å²) < 4.78 is 5.19. The Morgan fingerprint density at radius 3 is 2.55 bits per heavy atom. The van der Waals surface area contributed by atoms with Crippen LogP contribution in [0.15, 0.2) is 24.3 Å². The summed E-state index contributed by atoms with van der Waals surface area (Å²) in [6, 6.07) is 5.60. The molecule has 0 aliphatic rings. The number of rotatable bonds is 5. The summed E-state index contributed by atoms with van der Waals surface area (Å²) in [5.41, 5.74) is 0.491. The van der Waals surface area contributed by atoms with E-state index in [4.69, 9.17) is 9.84 Å². The lowest BCUT2D eigenvalue weighted by molar-refractivity contribution is -0.145. The number of hydrogen-bond donors (Lipinski definition) is 2. The topological polar surface area (TPSA) is 75.6 Å². The van der Waals surface area contributed by atoms with Crippen LogP contribution in [0.3, 0.4) is 0 Å². The number of aliphatic carboxylic acids is 1. The van der Waals surface area contributed by atoms with E-state index in [1.165, 1.54) is 19.9 Å². The van der Waals surface area contributed by atoms with E-state index in [0.29, 0.717) is 5.75 Å². The Hall–Kier alpha value is -2.30. The smallest absolute Gasteiger partial charge is 0.328 e. The van der Waals surface area contributed by atoms with E-state index < -0.39 is 17.4 Å². The molecule has 0 aliphatic carbocycles. The van der Waals surface area contributed by atoms with Crippen LogP contribution < -0.4 is 10.1 Å². The Kier molecular flexibility index (Phi) is 4.91. The number of methoxy groups -OCH3 is 1. The summed E-state index contributed by atoms with van der Waals surface area (Å²) >= 11 is 0. The van der Waals surface area contributed by atoms with Crippen LogP contribution in [-0.4, -0.2) is 29.6 Å². The molecule has 0 bridgehead atoms. The number of aryl methyl sites for hydroxylation is 1. The lowest BCUT2D eigenvalue weighted by Crippen LogP contribution is -2.49. The number of amides is 1. The number of nitrogens with one attached hydrogen (secondary N) is 1. The molecule has 0 saturated carbocycles. The SMILES string of the molecule is COc1ccc(C)cc1/C=C/C(=O)NC(C)(C)C(=O)O. The highest BCUT2D eigenvalue weighted by molar-refractivity contribution is 5.95. The molecule has 0 aliphatic heterocycles. The van der Waals surface area contributed by atoms with Gasteiger partial charge in [-0.25, -0.2) is 4.79 Å². The van der Waals surface area contributed by atoms with Crippen LogP contribution in [0.25, 0.3) is 6.08 Å². The fraction of sp³-hybridized carbons (Fsp3) is 0.333. The summed E-state index contributed by atoms with van der Waals surface area (Å²) in [6.45, 7) is 4.78. The van der Waals surface area contributed by atoms with Crippen molar-refractivity contribution in [1.82, 2.24) is 5.32 Å². The van der Waals surface area contributed by atoms with Crippen molar-refractivity contribution in [3.8, 4) is 5.75 Å². The molecule has 108 valence electrons. The molecule has 0 spiro atoms. The maximum atomic E-state index is 11.7. The lowest BCUT2D eigenvalue weighted by Gasteiger charge is -2.19. The normalized spacial score (nSPS) is 11.4. The molecule has 1 amide bonds. The number of carboxylic acid groups (broad SMARTS) is 1. The van der Waals surface area contributed by atoms with Crippen LogP contribution in [-0.2, 0) is 9.59 Å². The summed E-state index contributed by atoms with van der Waals surface area (Å²) in [5, 5.41) is 11.3. The number of hydrogen-bond acceptors (Lipinski definition) is 3. The maximum absolute atomic E-state index is 11.7. The summed E-state index contributed by atoms with van der Waals surface area (Å²) in [4.78, 5) is 22.6. The fourth-order valence-electron chi connectivity index (χ4n) is 1.55. The van der Waals surface area contributed by atoms with Gasteiger partial charge in [0.1, 0.15) is 11.3 Å². The van der Waals surface area contributed by atoms with Crippen LogP contribution in [0.5, 0.6) is 5.75 Å². The second kappa shape index (κ2) is 6.23. The third-order valence-corrected chi connectivity index (χ3v) is 2.77. The van der Waals surface area contributed by atoms with Gasteiger partial charge in [-0.2, -0.15) is 0 Å². The summed E-state index contributed by atoms with van der Waals surface area (Å²) in [6.07, 6.45) is 2.89. The van der Waals surface area contributed by atoms with Gasteiger partial charge in [-0.05, 0) is 39.0 Å². The summed E-state index contributed by atoms with van der Waals surface area (Å²) in [7, 11) is 1.55. The minimum absolute atomic E-state index is 0.471. The van der Waals surface area contributed by atoms with Crippen molar-refractivity contribution < 1.29 is 19.4 Å². The molecule has 0 fully saturated rings. The Balaban J connectivity index is 2.85. The van der Waals surface area contributed by atoms with Crippen molar-refractivity contribution in [2.24, 2.45) is 0 Å². The molecule has 0 radical (unpaired) electrons. The van der Waals surface area contributed by atoms with Gasteiger partial charge in [0.15, 0.2) is 0 Å². The number of carboxylic acids is 1. The molecule has 0 saturated heterocycles. The quantitative estimate of drug-likeness (QED) is 0.807. The van der Waals surface area contributed by atoms with E-state index in [1.54, 1.807) is 13.2 Å². The standard InChI is InChI=1S/C15H19NO4/c1-10-5-7-12(20-4)11(9-10)6-8-13(17)16-15(2,3)14(18)19/h5-9H,1-4H3,(H,16,17)(H,18,19)/b8-6+. The maximum Gasteiger partial charge on any atom is 0.328 e. The number of carbonyl (C=O) groups is 2. The molecule has 2 N–H and O–H groups in total. The van der Waals surface area contributed by atoms with Crippen molar-refractivity contribution in [3.63, 3.8) is 0 Å². The first-order valence-electron chi connectivity index (χ1n) is 6.14. The first-order chi connectivity index (χ1) is 9.26. The van der Waals surface area contributed by atoms with Gasteiger partial charge >= 0.3 is 5.97 Å². The minimum Gasteiger partial charge on any atom is -0.496 e. The van der Waals surface area contributed by atoms with Gasteiger partial charge < -0.3 is 15.2 Å². The predicted molar refractivity (Wildman–Crippen MR) is 76.6 cm³/mol. The van der Waals surface area contributed by atoms with Crippen molar-refractivity contribution >= 4 is 18.0 Å². The van der Waals surface area contributed by atoms with E-state index in [-0.39, 0.29) is 0 Å². The van der Waals surface area contributed by atoms with E-state index in [2.05, 4.69) is 5.32 Å². The number of ether oxygens (including phenoxy) is 1. The summed E-state index contributed by atoms with van der Waals surface area (Å²) in [5.74, 6) is -0.912.